The standard InChI is InChI=1S/C8H9N5O/c1-5-3-6(4-9-8(5)14)7-10-12-13(2)11-7/h3-4H,1-2H3,(H,9,14). The van der Waals surface area contributed by atoms with Crippen LogP contribution in [0.3, 0.4) is 0 Å². The summed E-state index contributed by atoms with van der Waals surface area (Å²) in [7, 11) is 1.69. The van der Waals surface area contributed by atoms with Crippen LogP contribution >= 0.6 is 0 Å². The van der Waals surface area contributed by atoms with Gasteiger partial charge in [-0.2, -0.15) is 4.80 Å². The molecule has 2 aromatic heterocycles. The second-order valence-corrected chi connectivity index (χ2v) is 3.00. The van der Waals surface area contributed by atoms with E-state index >= 15 is 0 Å². The lowest BCUT2D eigenvalue weighted by molar-refractivity contribution is 0.630. The van der Waals surface area contributed by atoms with Crippen LogP contribution in [0.2, 0.25) is 0 Å². The summed E-state index contributed by atoms with van der Waals surface area (Å²) in [6.45, 7) is 1.73. The van der Waals surface area contributed by atoms with Gasteiger partial charge in [0.25, 0.3) is 5.56 Å². The van der Waals surface area contributed by atoms with E-state index < -0.39 is 0 Å². The first kappa shape index (κ1) is 8.61. The van der Waals surface area contributed by atoms with Gasteiger partial charge in [0, 0.05) is 17.3 Å². The van der Waals surface area contributed by atoms with Gasteiger partial charge in [0.15, 0.2) is 0 Å². The number of H-pyrrole nitrogens is 1. The van der Waals surface area contributed by atoms with E-state index in [9.17, 15) is 4.79 Å². The van der Waals surface area contributed by atoms with Crippen LogP contribution < -0.4 is 5.56 Å². The number of aromatic nitrogens is 5. The molecule has 0 aliphatic heterocycles. The Hall–Kier alpha value is -1.98. The summed E-state index contributed by atoms with van der Waals surface area (Å²) in [6.07, 6.45) is 1.58. The minimum Gasteiger partial charge on any atom is -0.328 e. The molecule has 0 spiro atoms. The fourth-order valence-corrected chi connectivity index (χ4v) is 1.13. The predicted molar refractivity (Wildman–Crippen MR) is 49.6 cm³/mol. The van der Waals surface area contributed by atoms with Gasteiger partial charge < -0.3 is 4.98 Å². The highest BCUT2D eigenvalue weighted by atomic mass is 16.1. The molecule has 72 valence electrons. The van der Waals surface area contributed by atoms with E-state index in [2.05, 4.69) is 20.4 Å². The Labute approximate surface area is 79.6 Å². The molecule has 1 N–H and O–H groups in total. The summed E-state index contributed by atoms with van der Waals surface area (Å²) < 4.78 is 0. The third-order valence-electron chi connectivity index (χ3n) is 1.86. The third kappa shape index (κ3) is 1.41. The highest BCUT2D eigenvalue weighted by molar-refractivity contribution is 5.52. The van der Waals surface area contributed by atoms with Crippen LogP contribution in [0, 0.1) is 6.92 Å². The maximum Gasteiger partial charge on any atom is 0.250 e. The number of aromatic amines is 1. The van der Waals surface area contributed by atoms with Gasteiger partial charge in [0.2, 0.25) is 5.82 Å². The highest BCUT2D eigenvalue weighted by Crippen LogP contribution is 2.10. The minimum absolute atomic E-state index is 0.0994. The Kier molecular flexibility index (Phi) is 1.88. The zero-order chi connectivity index (χ0) is 10.1. The molecule has 0 bridgehead atoms. The van der Waals surface area contributed by atoms with Gasteiger partial charge in [0.1, 0.15) is 0 Å². The number of rotatable bonds is 1. The Morgan fingerprint density at radius 1 is 1.50 bits per heavy atom. The summed E-state index contributed by atoms with van der Waals surface area (Å²) in [5.74, 6) is 0.506. The number of tetrazole rings is 1. The fourth-order valence-electron chi connectivity index (χ4n) is 1.13. The molecule has 0 saturated carbocycles. The molecule has 0 aliphatic carbocycles. The molecule has 2 rings (SSSR count). The summed E-state index contributed by atoms with van der Waals surface area (Å²) in [5.41, 5.74) is 1.29. The molecule has 0 unspecified atom stereocenters. The normalized spacial score (nSPS) is 10.4. The number of pyridine rings is 1. The molecule has 0 saturated heterocycles. The highest BCUT2D eigenvalue weighted by Gasteiger charge is 2.05. The van der Waals surface area contributed by atoms with Gasteiger partial charge in [-0.15, -0.1) is 10.2 Å². The van der Waals surface area contributed by atoms with Crippen LogP contribution in [0.25, 0.3) is 11.4 Å². The van der Waals surface area contributed by atoms with Gasteiger partial charge in [-0.3, -0.25) is 4.79 Å². The predicted octanol–water partition coefficient (Wildman–Crippen LogP) is -0.126. The average molecular weight is 191 g/mol. The molecular formula is C8H9N5O. The number of aryl methyl sites for hydroxylation is 2. The minimum atomic E-state index is -0.0994. The maximum atomic E-state index is 11.1. The van der Waals surface area contributed by atoms with Crippen molar-refractivity contribution in [2.24, 2.45) is 7.05 Å². The van der Waals surface area contributed by atoms with Crippen LogP contribution in [0.5, 0.6) is 0 Å². The van der Waals surface area contributed by atoms with Crippen molar-refractivity contribution in [2.75, 3.05) is 0 Å². The second-order valence-electron chi connectivity index (χ2n) is 3.00. The van der Waals surface area contributed by atoms with Crippen LogP contribution in [0.4, 0.5) is 0 Å². The lowest BCUT2D eigenvalue weighted by Gasteiger charge is -1.94. The van der Waals surface area contributed by atoms with Gasteiger partial charge >= 0.3 is 0 Å². The third-order valence-corrected chi connectivity index (χ3v) is 1.86. The van der Waals surface area contributed by atoms with Crippen molar-refractivity contribution in [3.05, 3.63) is 28.2 Å². The van der Waals surface area contributed by atoms with Crippen molar-refractivity contribution in [1.29, 1.82) is 0 Å². The Balaban J connectivity index is 2.52. The van der Waals surface area contributed by atoms with Gasteiger partial charge in [-0.1, -0.05) is 0 Å². The van der Waals surface area contributed by atoms with Crippen molar-refractivity contribution in [3.8, 4) is 11.4 Å². The van der Waals surface area contributed by atoms with Crippen molar-refractivity contribution in [3.63, 3.8) is 0 Å². The number of nitrogens with one attached hydrogen (secondary N) is 1. The molecule has 6 heteroatoms. The van der Waals surface area contributed by atoms with E-state index in [-0.39, 0.29) is 5.56 Å². The molecule has 0 amide bonds. The Morgan fingerprint density at radius 3 is 2.86 bits per heavy atom. The number of hydrogen-bond acceptors (Lipinski definition) is 4. The van der Waals surface area contributed by atoms with E-state index in [4.69, 9.17) is 0 Å². The monoisotopic (exact) mass is 191 g/mol. The van der Waals surface area contributed by atoms with E-state index in [0.29, 0.717) is 11.4 Å². The van der Waals surface area contributed by atoms with Crippen LogP contribution in [0.1, 0.15) is 5.56 Å². The Bertz CT molecular complexity index is 512. The molecule has 0 aromatic carbocycles. The first-order valence-corrected chi connectivity index (χ1v) is 4.10. The van der Waals surface area contributed by atoms with Crippen LogP contribution in [-0.4, -0.2) is 25.2 Å². The van der Waals surface area contributed by atoms with Crippen molar-refractivity contribution < 1.29 is 0 Å². The zero-order valence-electron chi connectivity index (χ0n) is 7.85. The lowest BCUT2D eigenvalue weighted by Crippen LogP contribution is -2.08. The summed E-state index contributed by atoms with van der Waals surface area (Å²) >= 11 is 0. The van der Waals surface area contributed by atoms with Gasteiger partial charge in [-0.25, -0.2) is 0 Å². The van der Waals surface area contributed by atoms with Gasteiger partial charge in [-0.05, 0) is 18.2 Å². The van der Waals surface area contributed by atoms with Crippen LogP contribution in [0.15, 0.2) is 17.1 Å². The molecule has 6 nitrogen and oxygen atoms in total. The molecule has 2 heterocycles. The smallest absolute Gasteiger partial charge is 0.250 e. The summed E-state index contributed by atoms with van der Waals surface area (Å²) in [4.78, 5) is 15.1. The SMILES string of the molecule is Cc1cc(-c2nnn(C)n2)c[nH]c1=O. The second kappa shape index (κ2) is 3.06. The number of nitrogens with zero attached hydrogens (tertiary/aromatic N) is 4. The molecule has 14 heavy (non-hydrogen) atoms. The summed E-state index contributed by atoms with van der Waals surface area (Å²) in [5, 5.41) is 11.6. The number of hydrogen-bond donors (Lipinski definition) is 1. The fraction of sp³-hybridized carbons (Fsp3) is 0.250. The Morgan fingerprint density at radius 2 is 2.29 bits per heavy atom. The van der Waals surface area contributed by atoms with E-state index in [1.807, 2.05) is 0 Å². The molecule has 0 fully saturated rings. The summed E-state index contributed by atoms with van der Waals surface area (Å²) in [6, 6.07) is 1.73. The molecular weight excluding hydrogens is 182 g/mol. The first-order valence-electron chi connectivity index (χ1n) is 4.10. The van der Waals surface area contributed by atoms with Crippen LogP contribution in [-0.2, 0) is 7.05 Å². The van der Waals surface area contributed by atoms with Crippen molar-refractivity contribution in [2.45, 2.75) is 6.92 Å². The molecule has 0 atom stereocenters. The first-order chi connectivity index (χ1) is 6.66. The average Bonchev–Trinajstić information content (AvgIpc) is 2.57. The maximum absolute atomic E-state index is 11.1. The molecule has 0 aliphatic rings. The van der Waals surface area contributed by atoms with Gasteiger partial charge in [0.05, 0.1) is 7.05 Å². The van der Waals surface area contributed by atoms with Crippen molar-refractivity contribution >= 4 is 0 Å². The van der Waals surface area contributed by atoms with E-state index in [0.717, 1.165) is 5.56 Å². The van der Waals surface area contributed by atoms with E-state index in [1.54, 1.807) is 26.2 Å². The topological polar surface area (TPSA) is 76.5 Å². The quantitative estimate of drug-likeness (QED) is 0.681. The molecule has 2 aromatic rings. The lowest BCUT2D eigenvalue weighted by atomic mass is 10.2. The largest absolute Gasteiger partial charge is 0.328 e. The molecule has 0 radical (unpaired) electrons. The van der Waals surface area contributed by atoms with Crippen molar-refractivity contribution in [1.82, 2.24) is 25.2 Å². The van der Waals surface area contributed by atoms with E-state index in [1.165, 1.54) is 4.80 Å². The zero-order valence-corrected chi connectivity index (χ0v) is 7.85.